The lowest BCUT2D eigenvalue weighted by Gasteiger charge is -2.30. The Bertz CT molecular complexity index is 1280. The smallest absolute Gasteiger partial charge is 0.213 e. The van der Waals surface area contributed by atoms with E-state index < -0.39 is 10.0 Å². The Kier molecular flexibility index (Phi) is 4.32. The highest BCUT2D eigenvalue weighted by Crippen LogP contribution is 2.28. The summed E-state index contributed by atoms with van der Waals surface area (Å²) < 4.78 is 29.5. The Hall–Kier alpha value is -2.85. The molecule has 0 bridgehead atoms. The third kappa shape index (κ3) is 3.08. The number of nitrogens with zero attached hydrogens (tertiary/aromatic N) is 7. The monoisotopic (exact) mass is 411 g/mol. The molecule has 0 saturated carbocycles. The van der Waals surface area contributed by atoms with Gasteiger partial charge in [0.15, 0.2) is 17.1 Å². The van der Waals surface area contributed by atoms with Crippen molar-refractivity contribution in [3.63, 3.8) is 0 Å². The van der Waals surface area contributed by atoms with Crippen LogP contribution in [0, 0.1) is 0 Å². The molecule has 3 aromatic heterocycles. The van der Waals surface area contributed by atoms with Gasteiger partial charge < -0.3 is 0 Å². The molecule has 1 saturated heterocycles. The van der Waals surface area contributed by atoms with Crippen molar-refractivity contribution in [1.29, 1.82) is 0 Å². The highest BCUT2D eigenvalue weighted by atomic mass is 32.2. The largest absolute Gasteiger partial charge is 0.216 e. The highest BCUT2D eigenvalue weighted by molar-refractivity contribution is 7.89. The van der Waals surface area contributed by atoms with E-state index in [1.807, 2.05) is 30.3 Å². The molecule has 1 aliphatic heterocycles. The topological polar surface area (TPSA) is 98.3 Å². The zero-order chi connectivity index (χ0) is 20.0. The Balaban J connectivity index is 1.54. The molecule has 10 heteroatoms. The average molecular weight is 411 g/mol. The number of rotatable bonds is 4. The van der Waals surface area contributed by atoms with Crippen molar-refractivity contribution in [2.75, 3.05) is 18.8 Å². The van der Waals surface area contributed by atoms with Crippen molar-refractivity contribution in [2.24, 2.45) is 0 Å². The van der Waals surface area contributed by atoms with Gasteiger partial charge in [0.1, 0.15) is 6.33 Å². The van der Waals surface area contributed by atoms with Crippen LogP contribution in [0.25, 0.3) is 22.4 Å². The molecule has 0 amide bonds. The van der Waals surface area contributed by atoms with E-state index in [-0.39, 0.29) is 11.7 Å². The van der Waals surface area contributed by atoms with Crippen LogP contribution in [0.5, 0.6) is 0 Å². The quantitative estimate of drug-likeness (QED) is 0.509. The van der Waals surface area contributed by atoms with Gasteiger partial charge in [-0.15, -0.1) is 5.10 Å². The van der Waals surface area contributed by atoms with Crippen molar-refractivity contribution in [2.45, 2.75) is 25.7 Å². The van der Waals surface area contributed by atoms with Crippen molar-refractivity contribution < 1.29 is 8.42 Å². The number of fused-ring (bicyclic) bond motifs is 3. The molecular formula is C19H21N7O2S. The Labute approximate surface area is 168 Å². The van der Waals surface area contributed by atoms with E-state index in [0.717, 1.165) is 23.9 Å². The van der Waals surface area contributed by atoms with Gasteiger partial charge in [0.2, 0.25) is 10.0 Å². The zero-order valence-corrected chi connectivity index (χ0v) is 16.8. The Morgan fingerprint density at radius 3 is 2.79 bits per heavy atom. The molecule has 9 nitrogen and oxygen atoms in total. The van der Waals surface area contributed by atoms with Gasteiger partial charge in [-0.2, -0.15) is 5.10 Å². The molecule has 4 heterocycles. The van der Waals surface area contributed by atoms with Crippen LogP contribution < -0.4 is 0 Å². The molecular weight excluding hydrogens is 390 g/mol. The number of para-hydroxylation sites is 1. The summed E-state index contributed by atoms with van der Waals surface area (Å²) in [7, 11) is -3.21. The maximum Gasteiger partial charge on any atom is 0.213 e. The van der Waals surface area contributed by atoms with Gasteiger partial charge in [0.05, 0.1) is 23.0 Å². The van der Waals surface area contributed by atoms with Crippen molar-refractivity contribution in [1.82, 2.24) is 33.7 Å². The summed E-state index contributed by atoms with van der Waals surface area (Å²) in [6.07, 6.45) is 5.06. The second kappa shape index (κ2) is 6.89. The predicted octanol–water partition coefficient (Wildman–Crippen LogP) is 1.99. The van der Waals surface area contributed by atoms with Crippen LogP contribution in [-0.4, -0.2) is 60.9 Å². The minimum atomic E-state index is -3.21. The minimum absolute atomic E-state index is 0.0239. The molecule has 1 aromatic carbocycles. The molecule has 29 heavy (non-hydrogen) atoms. The molecule has 1 fully saturated rings. The number of piperidine rings is 1. The molecule has 1 atom stereocenters. The molecule has 1 aliphatic rings. The first-order valence-corrected chi connectivity index (χ1v) is 11.3. The second-order valence-electron chi connectivity index (χ2n) is 7.21. The van der Waals surface area contributed by atoms with Gasteiger partial charge in [-0.25, -0.2) is 31.9 Å². The Morgan fingerprint density at radius 1 is 1.17 bits per heavy atom. The van der Waals surface area contributed by atoms with E-state index in [9.17, 15) is 8.42 Å². The minimum Gasteiger partial charge on any atom is -0.216 e. The highest BCUT2D eigenvalue weighted by Gasteiger charge is 2.31. The van der Waals surface area contributed by atoms with E-state index in [0.29, 0.717) is 30.2 Å². The molecule has 0 spiro atoms. The van der Waals surface area contributed by atoms with Gasteiger partial charge >= 0.3 is 0 Å². The van der Waals surface area contributed by atoms with Gasteiger partial charge in [0, 0.05) is 19.0 Å². The van der Waals surface area contributed by atoms with Crippen LogP contribution in [0.15, 0.2) is 42.9 Å². The van der Waals surface area contributed by atoms with Crippen molar-refractivity contribution in [3.05, 3.63) is 48.7 Å². The van der Waals surface area contributed by atoms with E-state index in [1.165, 1.54) is 0 Å². The number of benzene rings is 1. The van der Waals surface area contributed by atoms with E-state index >= 15 is 0 Å². The summed E-state index contributed by atoms with van der Waals surface area (Å²) in [5.41, 5.74) is 2.32. The lowest BCUT2D eigenvalue weighted by Crippen LogP contribution is -2.40. The molecule has 0 N–H and O–H groups in total. The van der Waals surface area contributed by atoms with Crippen LogP contribution >= 0.6 is 0 Å². The summed E-state index contributed by atoms with van der Waals surface area (Å²) in [5, 5.41) is 9.88. The van der Waals surface area contributed by atoms with Gasteiger partial charge in [-0.05, 0) is 31.9 Å². The number of aromatic nitrogens is 6. The molecule has 150 valence electrons. The fraction of sp³-hybridized carbons (Fsp3) is 0.368. The molecule has 0 radical (unpaired) electrons. The van der Waals surface area contributed by atoms with Crippen LogP contribution in [0.1, 0.15) is 31.5 Å². The number of sulfonamides is 1. The SMILES string of the molecule is CCS(=O)(=O)N1CCC[C@@H](c2nc3c4cnn(-c5ccccc5)c4ncn3n2)C1. The van der Waals surface area contributed by atoms with Gasteiger partial charge in [-0.1, -0.05) is 18.2 Å². The fourth-order valence-corrected chi connectivity index (χ4v) is 5.04. The first kappa shape index (κ1) is 18.2. The van der Waals surface area contributed by atoms with E-state index in [1.54, 1.807) is 33.0 Å². The first-order valence-electron chi connectivity index (χ1n) is 9.69. The number of hydrogen-bond donors (Lipinski definition) is 0. The lowest BCUT2D eigenvalue weighted by atomic mass is 9.99. The zero-order valence-electron chi connectivity index (χ0n) is 16.0. The third-order valence-electron chi connectivity index (χ3n) is 5.43. The predicted molar refractivity (Wildman–Crippen MR) is 108 cm³/mol. The maximum atomic E-state index is 12.3. The van der Waals surface area contributed by atoms with Gasteiger partial charge in [0.25, 0.3) is 0 Å². The summed E-state index contributed by atoms with van der Waals surface area (Å²) in [6, 6.07) is 9.81. The van der Waals surface area contributed by atoms with E-state index in [4.69, 9.17) is 4.98 Å². The van der Waals surface area contributed by atoms with Crippen molar-refractivity contribution >= 4 is 26.7 Å². The fourth-order valence-electron chi connectivity index (χ4n) is 3.86. The Morgan fingerprint density at radius 2 is 2.00 bits per heavy atom. The van der Waals surface area contributed by atoms with E-state index in [2.05, 4.69) is 15.2 Å². The summed E-state index contributed by atoms with van der Waals surface area (Å²) in [6.45, 7) is 2.66. The van der Waals surface area contributed by atoms with Crippen LogP contribution in [0.4, 0.5) is 0 Å². The summed E-state index contributed by atoms with van der Waals surface area (Å²) >= 11 is 0. The van der Waals surface area contributed by atoms with Gasteiger partial charge in [-0.3, -0.25) is 0 Å². The normalized spacial score (nSPS) is 18.6. The second-order valence-corrected chi connectivity index (χ2v) is 9.47. The molecule has 4 aromatic rings. The molecule has 0 unspecified atom stereocenters. The summed E-state index contributed by atoms with van der Waals surface area (Å²) in [4.78, 5) is 9.28. The van der Waals surface area contributed by atoms with Crippen LogP contribution in [0.2, 0.25) is 0 Å². The number of hydrogen-bond acceptors (Lipinski definition) is 6. The summed E-state index contributed by atoms with van der Waals surface area (Å²) in [5.74, 6) is 0.744. The lowest BCUT2D eigenvalue weighted by molar-refractivity contribution is 0.309. The van der Waals surface area contributed by atoms with Crippen LogP contribution in [0.3, 0.4) is 0 Å². The first-order chi connectivity index (χ1) is 14.1. The average Bonchev–Trinajstić information content (AvgIpc) is 3.38. The standard InChI is InChI=1S/C19H21N7O2S/c1-2-29(27,28)24-10-6-7-14(12-24)17-22-19-16-11-21-26(15-8-4-3-5-9-15)18(16)20-13-25(19)23-17/h3-5,8-9,11,13-14H,2,6-7,10,12H2,1H3/t14-/m1/s1. The van der Waals surface area contributed by atoms with Crippen molar-refractivity contribution in [3.8, 4) is 5.69 Å². The molecule has 0 aliphatic carbocycles. The maximum absolute atomic E-state index is 12.3. The van der Waals surface area contributed by atoms with Crippen LogP contribution in [-0.2, 0) is 10.0 Å². The molecule has 5 rings (SSSR count). The third-order valence-corrected chi connectivity index (χ3v) is 7.28.